The maximum absolute atomic E-state index is 14.3. The SMILES string of the molecule is CCCC1CCCCN1c1ccc(CCN)cc1F. The Hall–Kier alpha value is -1.09. The molecule has 0 aromatic heterocycles. The fourth-order valence-corrected chi connectivity index (χ4v) is 3.06. The van der Waals surface area contributed by atoms with Gasteiger partial charge in [-0.1, -0.05) is 19.4 Å². The van der Waals surface area contributed by atoms with Gasteiger partial charge in [0, 0.05) is 12.6 Å². The topological polar surface area (TPSA) is 29.3 Å². The second kappa shape index (κ2) is 6.90. The van der Waals surface area contributed by atoms with E-state index in [4.69, 9.17) is 5.73 Å². The second-order valence-electron chi connectivity index (χ2n) is 5.46. The van der Waals surface area contributed by atoms with Crippen LogP contribution >= 0.6 is 0 Å². The minimum atomic E-state index is -0.0889. The molecule has 2 rings (SSSR count). The molecule has 1 fully saturated rings. The summed E-state index contributed by atoms with van der Waals surface area (Å²) in [5.41, 5.74) is 7.29. The summed E-state index contributed by atoms with van der Waals surface area (Å²) in [6, 6.07) is 6.12. The zero-order valence-electron chi connectivity index (χ0n) is 11.9. The van der Waals surface area contributed by atoms with Crippen molar-refractivity contribution in [3.63, 3.8) is 0 Å². The van der Waals surface area contributed by atoms with E-state index in [2.05, 4.69) is 11.8 Å². The average Bonchev–Trinajstić information content (AvgIpc) is 2.41. The van der Waals surface area contributed by atoms with Crippen molar-refractivity contribution in [2.45, 2.75) is 51.5 Å². The van der Waals surface area contributed by atoms with Crippen LogP contribution in [-0.2, 0) is 6.42 Å². The van der Waals surface area contributed by atoms with Crippen LogP contribution in [0.5, 0.6) is 0 Å². The van der Waals surface area contributed by atoms with E-state index in [9.17, 15) is 4.39 Å². The fourth-order valence-electron chi connectivity index (χ4n) is 3.06. The lowest BCUT2D eigenvalue weighted by molar-refractivity contribution is 0.429. The van der Waals surface area contributed by atoms with Crippen LogP contribution in [0.25, 0.3) is 0 Å². The number of piperidine rings is 1. The molecule has 0 saturated carbocycles. The first-order chi connectivity index (χ1) is 9.26. The van der Waals surface area contributed by atoms with Crippen LogP contribution in [0, 0.1) is 5.82 Å². The number of hydrogen-bond donors (Lipinski definition) is 1. The molecule has 1 aromatic carbocycles. The van der Waals surface area contributed by atoms with Crippen LogP contribution in [-0.4, -0.2) is 19.1 Å². The lowest BCUT2D eigenvalue weighted by Crippen LogP contribution is -2.40. The van der Waals surface area contributed by atoms with Crippen molar-refractivity contribution in [3.8, 4) is 0 Å². The molecule has 1 aliphatic heterocycles. The van der Waals surface area contributed by atoms with E-state index in [1.165, 1.54) is 19.3 Å². The summed E-state index contributed by atoms with van der Waals surface area (Å²) in [4.78, 5) is 2.27. The smallest absolute Gasteiger partial charge is 0.146 e. The Morgan fingerprint density at radius 3 is 2.89 bits per heavy atom. The van der Waals surface area contributed by atoms with Crippen LogP contribution in [0.15, 0.2) is 18.2 Å². The first-order valence-electron chi connectivity index (χ1n) is 7.51. The Morgan fingerprint density at radius 2 is 2.21 bits per heavy atom. The molecule has 0 spiro atoms. The van der Waals surface area contributed by atoms with Crippen molar-refractivity contribution in [2.24, 2.45) is 5.73 Å². The van der Waals surface area contributed by atoms with Gasteiger partial charge in [0.2, 0.25) is 0 Å². The average molecular weight is 264 g/mol. The van der Waals surface area contributed by atoms with Gasteiger partial charge in [0.25, 0.3) is 0 Å². The zero-order valence-corrected chi connectivity index (χ0v) is 11.9. The predicted octanol–water partition coefficient (Wildman–Crippen LogP) is 3.49. The van der Waals surface area contributed by atoms with Crippen molar-refractivity contribution < 1.29 is 4.39 Å². The highest BCUT2D eigenvalue weighted by atomic mass is 19.1. The molecule has 3 heteroatoms. The van der Waals surface area contributed by atoms with Crippen LogP contribution in [0.3, 0.4) is 0 Å². The van der Waals surface area contributed by atoms with E-state index >= 15 is 0 Å². The molecule has 0 bridgehead atoms. The lowest BCUT2D eigenvalue weighted by atomic mass is 9.97. The Balaban J connectivity index is 2.18. The van der Waals surface area contributed by atoms with Crippen LogP contribution in [0.4, 0.5) is 10.1 Å². The first kappa shape index (κ1) is 14.3. The molecule has 0 aliphatic carbocycles. The second-order valence-corrected chi connectivity index (χ2v) is 5.46. The number of hydrogen-bond acceptors (Lipinski definition) is 2. The Morgan fingerprint density at radius 1 is 1.37 bits per heavy atom. The highest BCUT2D eigenvalue weighted by Gasteiger charge is 2.23. The Labute approximate surface area is 115 Å². The highest BCUT2D eigenvalue weighted by molar-refractivity contribution is 5.50. The van der Waals surface area contributed by atoms with Crippen LogP contribution < -0.4 is 10.6 Å². The van der Waals surface area contributed by atoms with Gasteiger partial charge in [0.1, 0.15) is 5.82 Å². The number of rotatable bonds is 5. The van der Waals surface area contributed by atoms with Gasteiger partial charge in [0.15, 0.2) is 0 Å². The minimum absolute atomic E-state index is 0.0889. The molecular weight excluding hydrogens is 239 g/mol. The van der Waals surface area contributed by atoms with Gasteiger partial charge in [-0.25, -0.2) is 4.39 Å². The molecule has 0 radical (unpaired) electrons. The van der Waals surface area contributed by atoms with Gasteiger partial charge >= 0.3 is 0 Å². The Kier molecular flexibility index (Phi) is 5.20. The summed E-state index contributed by atoms with van der Waals surface area (Å²) in [5, 5.41) is 0. The number of benzene rings is 1. The molecule has 1 saturated heterocycles. The molecule has 2 N–H and O–H groups in total. The number of nitrogens with two attached hydrogens (primary N) is 1. The monoisotopic (exact) mass is 264 g/mol. The maximum atomic E-state index is 14.3. The highest BCUT2D eigenvalue weighted by Crippen LogP contribution is 2.29. The Bertz CT molecular complexity index is 404. The van der Waals surface area contributed by atoms with E-state index in [0.717, 1.165) is 37.1 Å². The number of anilines is 1. The lowest BCUT2D eigenvalue weighted by Gasteiger charge is -2.38. The van der Waals surface area contributed by atoms with E-state index < -0.39 is 0 Å². The molecule has 0 amide bonds. The van der Waals surface area contributed by atoms with Crippen molar-refractivity contribution in [1.29, 1.82) is 0 Å². The zero-order chi connectivity index (χ0) is 13.7. The third-order valence-corrected chi connectivity index (χ3v) is 4.00. The van der Waals surface area contributed by atoms with Gasteiger partial charge in [-0.15, -0.1) is 0 Å². The summed E-state index contributed by atoms with van der Waals surface area (Å²) in [7, 11) is 0. The molecule has 106 valence electrons. The maximum Gasteiger partial charge on any atom is 0.146 e. The van der Waals surface area contributed by atoms with Crippen LogP contribution in [0.1, 0.15) is 44.6 Å². The van der Waals surface area contributed by atoms with Gasteiger partial charge < -0.3 is 10.6 Å². The standard InChI is InChI=1S/C16H25FN2/c1-2-5-14-6-3-4-11-19(14)16-8-7-13(9-10-18)12-15(16)17/h7-8,12,14H,2-6,9-11,18H2,1H3. The molecule has 1 unspecified atom stereocenters. The normalized spacial score (nSPS) is 19.7. The number of nitrogens with zero attached hydrogens (tertiary/aromatic N) is 1. The van der Waals surface area contributed by atoms with Crippen molar-refractivity contribution in [2.75, 3.05) is 18.0 Å². The van der Waals surface area contributed by atoms with Crippen molar-refractivity contribution >= 4 is 5.69 Å². The van der Waals surface area contributed by atoms with E-state index in [1.54, 1.807) is 6.07 Å². The summed E-state index contributed by atoms with van der Waals surface area (Å²) in [6.07, 6.45) is 6.70. The summed E-state index contributed by atoms with van der Waals surface area (Å²) < 4.78 is 14.3. The summed E-state index contributed by atoms with van der Waals surface area (Å²) >= 11 is 0. The molecule has 19 heavy (non-hydrogen) atoms. The molecular formula is C16H25FN2. The summed E-state index contributed by atoms with van der Waals surface area (Å²) in [5.74, 6) is -0.0889. The van der Waals surface area contributed by atoms with Crippen molar-refractivity contribution in [3.05, 3.63) is 29.6 Å². The largest absolute Gasteiger partial charge is 0.366 e. The molecule has 2 nitrogen and oxygen atoms in total. The molecule has 1 aliphatic rings. The van der Waals surface area contributed by atoms with Gasteiger partial charge in [-0.2, -0.15) is 0 Å². The predicted molar refractivity (Wildman–Crippen MR) is 79.1 cm³/mol. The molecule has 1 aromatic rings. The molecule has 1 heterocycles. The minimum Gasteiger partial charge on any atom is -0.366 e. The van der Waals surface area contributed by atoms with E-state index in [1.807, 2.05) is 12.1 Å². The van der Waals surface area contributed by atoms with E-state index in [0.29, 0.717) is 12.6 Å². The number of halogens is 1. The fraction of sp³-hybridized carbons (Fsp3) is 0.625. The van der Waals surface area contributed by atoms with Crippen LogP contribution in [0.2, 0.25) is 0 Å². The first-order valence-corrected chi connectivity index (χ1v) is 7.51. The quantitative estimate of drug-likeness (QED) is 0.882. The summed E-state index contributed by atoms with van der Waals surface area (Å²) in [6.45, 7) is 3.76. The van der Waals surface area contributed by atoms with Crippen molar-refractivity contribution in [1.82, 2.24) is 0 Å². The van der Waals surface area contributed by atoms with E-state index in [-0.39, 0.29) is 5.82 Å². The molecule has 1 atom stereocenters. The van der Waals surface area contributed by atoms with Gasteiger partial charge in [0.05, 0.1) is 5.69 Å². The third-order valence-electron chi connectivity index (χ3n) is 4.00. The third kappa shape index (κ3) is 3.47. The van der Waals surface area contributed by atoms with Gasteiger partial charge in [-0.3, -0.25) is 0 Å². The van der Waals surface area contributed by atoms with Gasteiger partial charge in [-0.05, 0) is 56.3 Å².